The average molecular weight is 310 g/mol. The molecule has 6 N–H and O–H groups in total. The van der Waals surface area contributed by atoms with Crippen molar-refractivity contribution in [2.45, 2.75) is 13.1 Å². The number of halogens is 3. The van der Waals surface area contributed by atoms with E-state index in [4.69, 9.17) is 11.5 Å². The molecule has 0 aliphatic rings. The third-order valence-electron chi connectivity index (χ3n) is 2.18. The number of rotatable bonds is 5. The number of anilines is 2. The fourth-order valence-electron chi connectivity index (χ4n) is 1.40. The predicted octanol–water partition coefficient (Wildman–Crippen LogP) is 1.15. The van der Waals surface area contributed by atoms with Crippen LogP contribution in [0.2, 0.25) is 0 Å². The lowest BCUT2D eigenvalue weighted by atomic mass is 10.2. The van der Waals surface area contributed by atoms with Crippen LogP contribution in [-0.2, 0) is 0 Å². The minimum Gasteiger partial charge on any atom is -0.397 e. The van der Waals surface area contributed by atoms with Crippen LogP contribution in [0, 0.1) is 0 Å². The van der Waals surface area contributed by atoms with Crippen molar-refractivity contribution in [3.8, 4) is 0 Å². The Balaban J connectivity index is 3.13. The second-order valence-electron chi connectivity index (χ2n) is 3.74. The van der Waals surface area contributed by atoms with Gasteiger partial charge in [-0.2, -0.15) is 13.2 Å². The maximum absolute atomic E-state index is 12.2. The van der Waals surface area contributed by atoms with Crippen LogP contribution in [0.1, 0.15) is 27.0 Å². The monoisotopic (exact) mass is 310 g/mol. The minimum absolute atomic E-state index is 0.0506. The van der Waals surface area contributed by atoms with Gasteiger partial charge in [-0.1, -0.05) is 0 Å². The zero-order chi connectivity index (χ0) is 15.5. The lowest BCUT2D eigenvalue weighted by molar-refractivity contribution is -0.115. The van der Waals surface area contributed by atoms with Gasteiger partial charge in [-0.15, -0.1) is 11.3 Å². The quantitative estimate of drug-likeness (QED) is 0.654. The van der Waals surface area contributed by atoms with Crippen LogP contribution >= 0.6 is 11.3 Å². The molecule has 1 heterocycles. The van der Waals surface area contributed by atoms with Crippen LogP contribution in [-0.4, -0.2) is 31.1 Å². The van der Waals surface area contributed by atoms with Crippen molar-refractivity contribution in [1.29, 1.82) is 0 Å². The third kappa shape index (κ3) is 3.76. The molecule has 10 heteroatoms. The predicted molar refractivity (Wildman–Crippen MR) is 69.8 cm³/mol. The fourth-order valence-corrected chi connectivity index (χ4v) is 2.44. The van der Waals surface area contributed by atoms with Crippen LogP contribution in [0.3, 0.4) is 0 Å². The molecule has 0 radical (unpaired) electrons. The van der Waals surface area contributed by atoms with Gasteiger partial charge in [0, 0.05) is 6.54 Å². The molecule has 1 aromatic rings. The van der Waals surface area contributed by atoms with Gasteiger partial charge < -0.3 is 22.1 Å². The molecule has 0 aromatic carbocycles. The Morgan fingerprint density at radius 3 is 2.40 bits per heavy atom. The molecule has 1 aromatic heterocycles. The molecule has 0 aliphatic carbocycles. The highest BCUT2D eigenvalue weighted by Crippen LogP contribution is 2.36. The van der Waals surface area contributed by atoms with E-state index in [-0.39, 0.29) is 21.1 Å². The van der Waals surface area contributed by atoms with E-state index in [1.807, 2.05) is 5.32 Å². The molecule has 0 atom stereocenters. The van der Waals surface area contributed by atoms with E-state index in [1.54, 1.807) is 6.92 Å². The Morgan fingerprint density at radius 1 is 1.35 bits per heavy atom. The summed E-state index contributed by atoms with van der Waals surface area (Å²) in [7, 11) is 0. The van der Waals surface area contributed by atoms with Crippen LogP contribution in [0.5, 0.6) is 0 Å². The maximum atomic E-state index is 12.2. The number of carbonyl (C=O) groups is 2. The van der Waals surface area contributed by atoms with Crippen molar-refractivity contribution < 1.29 is 22.8 Å². The summed E-state index contributed by atoms with van der Waals surface area (Å²) in [6, 6.07) is 0. The van der Waals surface area contributed by atoms with E-state index in [0.717, 1.165) is 0 Å². The summed E-state index contributed by atoms with van der Waals surface area (Å²) in [6.45, 7) is 0.620. The van der Waals surface area contributed by atoms with E-state index >= 15 is 0 Å². The average Bonchev–Trinajstić information content (AvgIpc) is 2.63. The standard InChI is InChI=1S/C10H13F3N4O2S/c1-2-16-8(19)6-5(14)4(7(15)18)9(20-6)17-3-10(11,12)13/h17H,2-3,14H2,1H3,(H2,15,18)(H,16,19). The third-order valence-corrected chi connectivity index (χ3v) is 3.35. The Hall–Kier alpha value is -1.97. The molecule has 2 amide bonds. The molecule has 6 nitrogen and oxygen atoms in total. The van der Waals surface area contributed by atoms with Gasteiger partial charge in [-0.05, 0) is 6.92 Å². The Labute approximate surface area is 116 Å². The summed E-state index contributed by atoms with van der Waals surface area (Å²) in [5.74, 6) is -1.57. The molecule has 0 spiro atoms. The van der Waals surface area contributed by atoms with E-state index < -0.39 is 24.5 Å². The SMILES string of the molecule is CCNC(=O)c1sc(NCC(F)(F)F)c(C(N)=O)c1N. The fraction of sp³-hybridized carbons (Fsp3) is 0.400. The number of nitrogens with two attached hydrogens (primary N) is 2. The van der Waals surface area contributed by atoms with Gasteiger partial charge in [0.05, 0.1) is 11.3 Å². The van der Waals surface area contributed by atoms with Gasteiger partial charge in [0.15, 0.2) is 0 Å². The Bertz CT molecular complexity index is 527. The van der Waals surface area contributed by atoms with Gasteiger partial charge >= 0.3 is 6.18 Å². The maximum Gasteiger partial charge on any atom is 0.405 e. The summed E-state index contributed by atoms with van der Waals surface area (Å²) >= 11 is 0.654. The van der Waals surface area contributed by atoms with E-state index in [2.05, 4.69) is 5.32 Å². The Morgan fingerprint density at radius 2 is 1.95 bits per heavy atom. The van der Waals surface area contributed by atoms with Crippen LogP contribution in [0.4, 0.5) is 23.9 Å². The van der Waals surface area contributed by atoms with Gasteiger partial charge in [0.2, 0.25) is 0 Å². The molecule has 0 saturated carbocycles. The number of alkyl halides is 3. The normalized spacial score (nSPS) is 11.2. The first-order chi connectivity index (χ1) is 9.17. The molecule has 0 saturated heterocycles. The first kappa shape index (κ1) is 16.1. The zero-order valence-electron chi connectivity index (χ0n) is 10.4. The van der Waals surface area contributed by atoms with Crippen LogP contribution < -0.4 is 22.1 Å². The summed E-state index contributed by atoms with van der Waals surface area (Å²) < 4.78 is 36.5. The lowest BCUT2D eigenvalue weighted by Gasteiger charge is -2.08. The number of nitrogen functional groups attached to an aromatic ring is 1. The number of nitrogens with one attached hydrogen (secondary N) is 2. The van der Waals surface area contributed by atoms with Crippen molar-refractivity contribution in [2.75, 3.05) is 24.1 Å². The second-order valence-corrected chi connectivity index (χ2v) is 4.76. The molecule has 0 unspecified atom stereocenters. The minimum atomic E-state index is -4.47. The summed E-state index contributed by atoms with van der Waals surface area (Å²) in [5, 5.41) is 4.30. The highest BCUT2D eigenvalue weighted by atomic mass is 32.1. The number of carbonyl (C=O) groups excluding carboxylic acids is 2. The number of primary amides is 1. The number of hydrogen-bond donors (Lipinski definition) is 4. The van der Waals surface area contributed by atoms with Crippen LogP contribution in [0.15, 0.2) is 0 Å². The molecular weight excluding hydrogens is 297 g/mol. The second kappa shape index (κ2) is 5.99. The van der Waals surface area contributed by atoms with Gasteiger partial charge in [0.25, 0.3) is 11.8 Å². The first-order valence-corrected chi connectivity index (χ1v) is 6.30. The van der Waals surface area contributed by atoms with Gasteiger partial charge in [-0.25, -0.2) is 0 Å². The van der Waals surface area contributed by atoms with E-state index in [9.17, 15) is 22.8 Å². The largest absolute Gasteiger partial charge is 0.405 e. The zero-order valence-corrected chi connectivity index (χ0v) is 11.2. The summed E-state index contributed by atoms with van der Waals surface area (Å²) in [5.41, 5.74) is 10.2. The first-order valence-electron chi connectivity index (χ1n) is 5.48. The summed E-state index contributed by atoms with van der Waals surface area (Å²) in [6.07, 6.45) is -4.47. The molecule has 0 fully saturated rings. The molecule has 0 aliphatic heterocycles. The van der Waals surface area contributed by atoms with Crippen molar-refractivity contribution in [3.63, 3.8) is 0 Å². The van der Waals surface area contributed by atoms with Gasteiger partial charge in [0.1, 0.15) is 16.4 Å². The van der Waals surface area contributed by atoms with Crippen molar-refractivity contribution in [2.24, 2.45) is 5.73 Å². The summed E-state index contributed by atoms with van der Waals surface area (Å²) in [4.78, 5) is 22.9. The Kier molecular flexibility index (Phi) is 4.82. The van der Waals surface area contributed by atoms with Crippen molar-refractivity contribution >= 4 is 33.8 Å². The van der Waals surface area contributed by atoms with Crippen molar-refractivity contribution in [3.05, 3.63) is 10.4 Å². The topological polar surface area (TPSA) is 110 Å². The molecule has 0 bridgehead atoms. The lowest BCUT2D eigenvalue weighted by Crippen LogP contribution is -2.23. The van der Waals surface area contributed by atoms with Crippen LogP contribution in [0.25, 0.3) is 0 Å². The van der Waals surface area contributed by atoms with Crippen molar-refractivity contribution in [1.82, 2.24) is 5.32 Å². The van der Waals surface area contributed by atoms with Gasteiger partial charge in [-0.3, -0.25) is 9.59 Å². The number of hydrogen-bond acceptors (Lipinski definition) is 5. The molecular formula is C10H13F3N4O2S. The van der Waals surface area contributed by atoms with E-state index in [1.165, 1.54) is 0 Å². The molecule has 1 rings (SSSR count). The van der Waals surface area contributed by atoms with E-state index in [0.29, 0.717) is 17.9 Å². The highest BCUT2D eigenvalue weighted by molar-refractivity contribution is 7.19. The number of amides is 2. The molecule has 20 heavy (non-hydrogen) atoms. The number of thiophene rings is 1. The molecule has 112 valence electrons. The highest BCUT2D eigenvalue weighted by Gasteiger charge is 2.30. The smallest absolute Gasteiger partial charge is 0.397 e.